The van der Waals surface area contributed by atoms with Crippen molar-refractivity contribution < 1.29 is 9.90 Å². The molecule has 0 spiro atoms. The first-order valence-electron chi connectivity index (χ1n) is 10.7. The number of rotatable bonds is 6. The van der Waals surface area contributed by atoms with Crippen LogP contribution in [0, 0.1) is 5.92 Å². The van der Waals surface area contributed by atoms with Gasteiger partial charge in [0.25, 0.3) is 5.91 Å². The highest BCUT2D eigenvalue weighted by Crippen LogP contribution is 2.33. The van der Waals surface area contributed by atoms with E-state index in [4.69, 9.17) is 4.99 Å². The normalized spacial score (nSPS) is 20.3. The number of benzene rings is 2. The van der Waals surface area contributed by atoms with Crippen molar-refractivity contribution in [2.45, 2.75) is 25.8 Å². The minimum atomic E-state index is -0.126. The molecule has 4 rings (SSSR count). The van der Waals surface area contributed by atoms with Gasteiger partial charge in [0.05, 0.1) is 18.4 Å². The lowest BCUT2D eigenvalue weighted by Gasteiger charge is -2.25. The van der Waals surface area contributed by atoms with Gasteiger partial charge in [0.1, 0.15) is 5.70 Å². The Morgan fingerprint density at radius 3 is 2.57 bits per heavy atom. The number of aliphatic hydroxyl groups is 1. The molecule has 5 heteroatoms. The molecule has 1 amide bonds. The fourth-order valence-corrected chi connectivity index (χ4v) is 4.39. The minimum Gasteiger partial charge on any atom is -0.395 e. The Hall–Kier alpha value is -2.76. The SMILES string of the molecule is CC(NC(=O)C1=C2CC(CCN(CCO)C2)C(c2ccccc2)=N1)c1ccccc1. The van der Waals surface area contributed by atoms with Crippen molar-refractivity contribution in [3.8, 4) is 0 Å². The predicted octanol–water partition coefficient (Wildman–Crippen LogP) is 3.33. The molecule has 2 aromatic carbocycles. The number of hydrogen-bond acceptors (Lipinski definition) is 4. The van der Waals surface area contributed by atoms with Crippen LogP contribution in [-0.4, -0.2) is 47.9 Å². The molecule has 2 heterocycles. The molecule has 2 unspecified atom stereocenters. The summed E-state index contributed by atoms with van der Waals surface area (Å²) in [4.78, 5) is 20.5. The highest BCUT2D eigenvalue weighted by atomic mass is 16.3. The van der Waals surface area contributed by atoms with E-state index in [1.165, 1.54) is 0 Å². The zero-order chi connectivity index (χ0) is 20.9. The maximum Gasteiger partial charge on any atom is 0.270 e. The number of aliphatic hydroxyl groups excluding tert-OH is 1. The van der Waals surface area contributed by atoms with Crippen LogP contribution in [0.15, 0.2) is 76.9 Å². The van der Waals surface area contributed by atoms with E-state index in [0.29, 0.717) is 24.7 Å². The Balaban J connectivity index is 1.65. The monoisotopic (exact) mass is 403 g/mol. The van der Waals surface area contributed by atoms with Gasteiger partial charge in [0.2, 0.25) is 0 Å². The summed E-state index contributed by atoms with van der Waals surface area (Å²) in [6, 6.07) is 20.1. The van der Waals surface area contributed by atoms with Gasteiger partial charge in [-0.3, -0.25) is 9.69 Å². The number of amides is 1. The van der Waals surface area contributed by atoms with E-state index >= 15 is 0 Å². The van der Waals surface area contributed by atoms with Gasteiger partial charge >= 0.3 is 0 Å². The molecule has 2 bridgehead atoms. The van der Waals surface area contributed by atoms with Crippen LogP contribution >= 0.6 is 0 Å². The third kappa shape index (κ3) is 4.53. The van der Waals surface area contributed by atoms with Gasteiger partial charge in [-0.25, -0.2) is 4.99 Å². The van der Waals surface area contributed by atoms with Crippen LogP contribution in [0.3, 0.4) is 0 Å². The molecular formula is C25H29N3O2. The minimum absolute atomic E-state index is 0.0979. The lowest BCUT2D eigenvalue weighted by Crippen LogP contribution is -2.32. The number of carbonyl (C=O) groups excluding carboxylic acids is 1. The van der Waals surface area contributed by atoms with E-state index in [1.807, 2.05) is 55.5 Å². The maximum absolute atomic E-state index is 13.3. The number of carbonyl (C=O) groups is 1. The molecule has 2 aromatic rings. The van der Waals surface area contributed by atoms with Gasteiger partial charge in [-0.2, -0.15) is 0 Å². The van der Waals surface area contributed by atoms with Gasteiger partial charge in [0.15, 0.2) is 0 Å². The quantitative estimate of drug-likeness (QED) is 0.778. The Bertz CT molecular complexity index is 937. The molecule has 2 aliphatic rings. The van der Waals surface area contributed by atoms with Gasteiger partial charge in [-0.15, -0.1) is 0 Å². The Labute approximate surface area is 178 Å². The van der Waals surface area contributed by atoms with E-state index < -0.39 is 0 Å². The number of hydrogen-bond donors (Lipinski definition) is 2. The molecule has 0 saturated carbocycles. The predicted molar refractivity (Wildman–Crippen MR) is 119 cm³/mol. The topological polar surface area (TPSA) is 64.9 Å². The van der Waals surface area contributed by atoms with E-state index in [9.17, 15) is 9.90 Å². The summed E-state index contributed by atoms with van der Waals surface area (Å²) in [6.45, 7) is 4.32. The van der Waals surface area contributed by atoms with E-state index in [2.05, 4.69) is 22.3 Å². The van der Waals surface area contributed by atoms with Crippen molar-refractivity contribution in [3.63, 3.8) is 0 Å². The number of fused-ring (bicyclic) bond motifs is 2. The van der Waals surface area contributed by atoms with Crippen LogP contribution in [0.2, 0.25) is 0 Å². The molecule has 0 aromatic heterocycles. The van der Waals surface area contributed by atoms with Crippen molar-refractivity contribution in [1.82, 2.24) is 10.2 Å². The zero-order valence-electron chi connectivity index (χ0n) is 17.4. The molecule has 1 fully saturated rings. The van der Waals surface area contributed by atoms with Gasteiger partial charge in [0, 0.05) is 19.0 Å². The Morgan fingerprint density at radius 1 is 1.17 bits per heavy atom. The number of likely N-dealkylation sites (tertiary alicyclic amines) is 1. The van der Waals surface area contributed by atoms with Crippen molar-refractivity contribution in [2.75, 3.05) is 26.2 Å². The second-order valence-electron chi connectivity index (χ2n) is 8.11. The molecule has 2 N–H and O–H groups in total. The first-order chi connectivity index (χ1) is 14.7. The van der Waals surface area contributed by atoms with Crippen LogP contribution < -0.4 is 5.32 Å². The summed E-state index contributed by atoms with van der Waals surface area (Å²) < 4.78 is 0. The van der Waals surface area contributed by atoms with Crippen LogP contribution in [-0.2, 0) is 4.79 Å². The first kappa shape index (κ1) is 20.5. The fraction of sp³-hybridized carbons (Fsp3) is 0.360. The second kappa shape index (κ2) is 9.37. The van der Waals surface area contributed by atoms with E-state index in [-0.39, 0.29) is 18.6 Å². The molecule has 5 nitrogen and oxygen atoms in total. The van der Waals surface area contributed by atoms with Crippen LogP contribution in [0.1, 0.15) is 36.9 Å². The van der Waals surface area contributed by atoms with Crippen molar-refractivity contribution in [3.05, 3.63) is 83.1 Å². The summed E-state index contributed by atoms with van der Waals surface area (Å²) in [7, 11) is 0. The van der Waals surface area contributed by atoms with Gasteiger partial charge in [-0.1, -0.05) is 60.7 Å². The number of β-amino-alcohol motifs (C(OH)–C–C–N with tert-alkyl or cyclic N) is 1. The van der Waals surface area contributed by atoms with Crippen molar-refractivity contribution in [2.24, 2.45) is 10.9 Å². The standard InChI is InChI=1S/C25H29N3O2/c1-18(19-8-4-2-5-9-19)26-25(30)24-22-16-21(12-13-28(17-22)14-15-29)23(27-24)20-10-6-3-7-11-20/h2-11,18,21,29H,12-17H2,1H3,(H,26,30). The summed E-state index contributed by atoms with van der Waals surface area (Å²) in [5.74, 6) is 0.174. The van der Waals surface area contributed by atoms with Crippen molar-refractivity contribution >= 4 is 11.6 Å². The summed E-state index contributed by atoms with van der Waals surface area (Å²) in [5, 5.41) is 12.6. The summed E-state index contributed by atoms with van der Waals surface area (Å²) in [5.41, 5.74) is 4.77. The molecule has 156 valence electrons. The lowest BCUT2D eigenvalue weighted by atomic mass is 9.85. The first-order valence-corrected chi connectivity index (χ1v) is 10.7. The third-order valence-corrected chi connectivity index (χ3v) is 6.00. The Morgan fingerprint density at radius 2 is 1.87 bits per heavy atom. The molecule has 0 radical (unpaired) electrons. The van der Waals surface area contributed by atoms with Crippen molar-refractivity contribution in [1.29, 1.82) is 0 Å². The molecule has 0 aliphatic carbocycles. The van der Waals surface area contributed by atoms with Gasteiger partial charge in [-0.05, 0) is 43.0 Å². The maximum atomic E-state index is 13.3. The number of nitrogens with one attached hydrogen (secondary N) is 1. The largest absolute Gasteiger partial charge is 0.395 e. The third-order valence-electron chi connectivity index (χ3n) is 6.00. The van der Waals surface area contributed by atoms with Crippen LogP contribution in [0.4, 0.5) is 0 Å². The van der Waals surface area contributed by atoms with Gasteiger partial charge < -0.3 is 10.4 Å². The highest BCUT2D eigenvalue weighted by molar-refractivity contribution is 6.07. The number of nitrogens with zero attached hydrogens (tertiary/aromatic N) is 2. The number of aliphatic imine (C=N–C) groups is 1. The van der Waals surface area contributed by atoms with E-state index in [0.717, 1.165) is 41.8 Å². The van der Waals surface area contributed by atoms with Crippen LogP contribution in [0.25, 0.3) is 0 Å². The fourth-order valence-electron chi connectivity index (χ4n) is 4.39. The average Bonchev–Trinajstić information content (AvgIpc) is 2.95. The molecular weight excluding hydrogens is 374 g/mol. The smallest absolute Gasteiger partial charge is 0.270 e. The van der Waals surface area contributed by atoms with Crippen LogP contribution in [0.5, 0.6) is 0 Å². The molecule has 30 heavy (non-hydrogen) atoms. The van der Waals surface area contributed by atoms with E-state index in [1.54, 1.807) is 0 Å². The molecule has 1 saturated heterocycles. The second-order valence-corrected chi connectivity index (χ2v) is 8.11. The highest BCUT2D eigenvalue weighted by Gasteiger charge is 2.32. The summed E-state index contributed by atoms with van der Waals surface area (Å²) >= 11 is 0. The molecule has 2 aliphatic heterocycles. The average molecular weight is 404 g/mol. The Kier molecular flexibility index (Phi) is 6.41. The zero-order valence-corrected chi connectivity index (χ0v) is 17.4. The molecule has 2 atom stereocenters. The lowest BCUT2D eigenvalue weighted by molar-refractivity contribution is -0.118. The summed E-state index contributed by atoms with van der Waals surface area (Å²) in [6.07, 6.45) is 1.82.